The van der Waals surface area contributed by atoms with Crippen LogP contribution < -0.4 is 19.9 Å². The molecule has 0 aliphatic heterocycles. The van der Waals surface area contributed by atoms with Crippen molar-refractivity contribution in [2.45, 2.75) is 39.8 Å². The summed E-state index contributed by atoms with van der Waals surface area (Å²) in [6.07, 6.45) is 0. The highest BCUT2D eigenvalue weighted by Crippen LogP contribution is 2.30. The van der Waals surface area contributed by atoms with Gasteiger partial charge in [-0.2, -0.15) is 0 Å². The molecule has 8 nitrogen and oxygen atoms in total. The minimum Gasteiger partial charge on any atom is -0.493 e. The summed E-state index contributed by atoms with van der Waals surface area (Å²) in [6.45, 7) is 7.93. The van der Waals surface area contributed by atoms with E-state index in [9.17, 15) is 4.79 Å². The number of carbonyl (C=O) groups excluding carboxylic acids is 1. The Hall–Kier alpha value is -3.42. The first kappa shape index (κ1) is 21.3. The monoisotopic (exact) mass is 413 g/mol. The van der Waals surface area contributed by atoms with E-state index in [1.165, 1.54) is 7.11 Å². The maximum Gasteiger partial charge on any atom is 0.254 e. The van der Waals surface area contributed by atoms with Gasteiger partial charge in [0, 0.05) is 23.7 Å². The molecule has 1 amide bonds. The molecule has 0 unspecified atom stereocenters. The van der Waals surface area contributed by atoms with Gasteiger partial charge in [0.1, 0.15) is 5.75 Å². The Morgan fingerprint density at radius 3 is 2.47 bits per heavy atom. The van der Waals surface area contributed by atoms with E-state index in [0.717, 1.165) is 5.39 Å². The minimum absolute atomic E-state index is 0.0527. The third kappa shape index (κ3) is 4.42. The Kier molecular flexibility index (Phi) is 6.34. The van der Waals surface area contributed by atoms with E-state index in [1.807, 2.05) is 32.6 Å². The second-order valence-corrected chi connectivity index (χ2v) is 7.40. The van der Waals surface area contributed by atoms with Gasteiger partial charge in [0.05, 0.1) is 12.5 Å². The topological polar surface area (TPSA) is 100 Å². The van der Waals surface area contributed by atoms with Gasteiger partial charge in [0.15, 0.2) is 22.9 Å². The van der Waals surface area contributed by atoms with Gasteiger partial charge in [-0.3, -0.25) is 4.79 Å². The molecule has 0 atom stereocenters. The molecule has 2 N–H and O–H groups in total. The molecule has 8 heteroatoms. The Labute approximate surface area is 175 Å². The third-order valence-corrected chi connectivity index (χ3v) is 4.67. The lowest BCUT2D eigenvalue weighted by atomic mass is 10.1. The molecule has 0 bridgehead atoms. The molecular formula is C22H27N3O5. The van der Waals surface area contributed by atoms with Gasteiger partial charge in [0.25, 0.3) is 5.91 Å². The van der Waals surface area contributed by atoms with Crippen LogP contribution in [0.25, 0.3) is 11.0 Å². The van der Waals surface area contributed by atoms with Crippen LogP contribution in [0.2, 0.25) is 0 Å². The average Bonchev–Trinajstić information content (AvgIpc) is 3.07. The zero-order valence-corrected chi connectivity index (χ0v) is 17.8. The van der Waals surface area contributed by atoms with E-state index in [2.05, 4.69) is 5.16 Å². The standard InChI is InChI=1S/C22H27N3O5/c1-13(2)25(14(3)4)22(26)15-6-9-18(20(10-15)27-5)29-12-28-16-7-8-17-19(11-16)30-24-21(17)23/h6-11,13-14H,12H2,1-5H3,(H2,23,24). The Morgan fingerprint density at radius 2 is 1.80 bits per heavy atom. The zero-order chi connectivity index (χ0) is 21.8. The number of nitrogen functional groups attached to an aromatic ring is 1. The molecule has 0 aliphatic rings. The molecule has 0 radical (unpaired) electrons. The second kappa shape index (κ2) is 8.94. The lowest BCUT2D eigenvalue weighted by molar-refractivity contribution is 0.0643. The number of anilines is 1. The van der Waals surface area contributed by atoms with Crippen molar-refractivity contribution in [2.24, 2.45) is 0 Å². The average molecular weight is 413 g/mol. The number of benzene rings is 2. The number of hydrogen-bond acceptors (Lipinski definition) is 7. The van der Waals surface area contributed by atoms with Crippen LogP contribution in [0.5, 0.6) is 17.2 Å². The maximum absolute atomic E-state index is 12.9. The van der Waals surface area contributed by atoms with Crippen LogP contribution >= 0.6 is 0 Å². The van der Waals surface area contributed by atoms with E-state index in [-0.39, 0.29) is 24.8 Å². The molecular weight excluding hydrogens is 386 g/mol. The normalized spacial score (nSPS) is 11.2. The first-order valence-electron chi connectivity index (χ1n) is 9.73. The summed E-state index contributed by atoms with van der Waals surface area (Å²) in [4.78, 5) is 14.7. The van der Waals surface area contributed by atoms with Gasteiger partial charge < -0.3 is 29.4 Å². The van der Waals surface area contributed by atoms with Gasteiger partial charge in [-0.1, -0.05) is 5.16 Å². The highest BCUT2D eigenvalue weighted by Gasteiger charge is 2.22. The highest BCUT2D eigenvalue weighted by molar-refractivity contribution is 5.95. The fourth-order valence-electron chi connectivity index (χ4n) is 3.32. The van der Waals surface area contributed by atoms with Crippen molar-refractivity contribution in [3.05, 3.63) is 42.0 Å². The predicted molar refractivity (Wildman–Crippen MR) is 114 cm³/mol. The van der Waals surface area contributed by atoms with Crippen LogP contribution in [-0.4, -0.2) is 42.0 Å². The Balaban J connectivity index is 1.69. The maximum atomic E-state index is 12.9. The van der Waals surface area contributed by atoms with E-state index >= 15 is 0 Å². The molecule has 160 valence electrons. The molecule has 30 heavy (non-hydrogen) atoms. The molecule has 0 spiro atoms. The number of methoxy groups -OCH3 is 1. The van der Waals surface area contributed by atoms with Crippen LogP contribution in [0, 0.1) is 0 Å². The van der Waals surface area contributed by atoms with Crippen molar-refractivity contribution >= 4 is 22.7 Å². The van der Waals surface area contributed by atoms with Gasteiger partial charge in [-0.15, -0.1) is 0 Å². The molecule has 0 fully saturated rings. The summed E-state index contributed by atoms with van der Waals surface area (Å²) in [5, 5.41) is 4.44. The van der Waals surface area contributed by atoms with E-state index < -0.39 is 0 Å². The summed E-state index contributed by atoms with van der Waals surface area (Å²) in [7, 11) is 1.53. The third-order valence-electron chi connectivity index (χ3n) is 4.67. The Morgan fingerprint density at radius 1 is 1.07 bits per heavy atom. The van der Waals surface area contributed by atoms with Gasteiger partial charge in [-0.25, -0.2) is 0 Å². The number of ether oxygens (including phenoxy) is 3. The van der Waals surface area contributed by atoms with E-state index in [1.54, 1.807) is 36.4 Å². The molecule has 0 saturated heterocycles. The smallest absolute Gasteiger partial charge is 0.254 e. The number of rotatable bonds is 8. The number of carbonyl (C=O) groups is 1. The van der Waals surface area contributed by atoms with Gasteiger partial charge >= 0.3 is 0 Å². The predicted octanol–water partition coefficient (Wildman–Crippen LogP) is 4.09. The van der Waals surface area contributed by atoms with Crippen molar-refractivity contribution in [1.82, 2.24) is 10.1 Å². The zero-order valence-electron chi connectivity index (χ0n) is 17.8. The van der Waals surface area contributed by atoms with Crippen LogP contribution in [0.4, 0.5) is 5.82 Å². The summed E-state index contributed by atoms with van der Waals surface area (Å²) in [6, 6.07) is 10.5. The number of aromatic nitrogens is 1. The first-order valence-corrected chi connectivity index (χ1v) is 9.73. The van der Waals surface area contributed by atoms with E-state index in [0.29, 0.717) is 34.2 Å². The molecule has 2 aromatic carbocycles. The molecule has 1 aromatic heterocycles. The van der Waals surface area contributed by atoms with Crippen molar-refractivity contribution in [1.29, 1.82) is 0 Å². The van der Waals surface area contributed by atoms with Gasteiger partial charge in [0.2, 0.25) is 6.79 Å². The van der Waals surface area contributed by atoms with Crippen LogP contribution in [-0.2, 0) is 0 Å². The Bertz CT molecular complexity index is 1020. The van der Waals surface area contributed by atoms with Crippen LogP contribution in [0.3, 0.4) is 0 Å². The summed E-state index contributed by atoms with van der Waals surface area (Å²) < 4.78 is 21.9. The van der Waals surface area contributed by atoms with Crippen molar-refractivity contribution in [3.8, 4) is 17.2 Å². The lowest BCUT2D eigenvalue weighted by Crippen LogP contribution is -2.42. The van der Waals surface area contributed by atoms with Gasteiger partial charge in [-0.05, 0) is 58.0 Å². The summed E-state index contributed by atoms with van der Waals surface area (Å²) in [5.74, 6) is 1.75. The fourth-order valence-corrected chi connectivity index (χ4v) is 3.32. The molecule has 0 aliphatic carbocycles. The van der Waals surface area contributed by atoms with Crippen LogP contribution in [0.15, 0.2) is 40.9 Å². The van der Waals surface area contributed by atoms with Crippen molar-refractivity contribution in [2.75, 3.05) is 19.6 Å². The first-order chi connectivity index (χ1) is 14.3. The minimum atomic E-state index is -0.0549. The lowest BCUT2D eigenvalue weighted by Gasteiger charge is -2.31. The quantitative estimate of drug-likeness (QED) is 0.555. The number of fused-ring (bicyclic) bond motifs is 1. The van der Waals surface area contributed by atoms with Crippen LogP contribution in [0.1, 0.15) is 38.1 Å². The molecule has 3 aromatic rings. The number of hydrogen-bond donors (Lipinski definition) is 1. The molecule has 1 heterocycles. The van der Waals surface area contributed by atoms with Crippen molar-refractivity contribution < 1.29 is 23.5 Å². The SMILES string of the molecule is COc1cc(C(=O)N(C(C)C)C(C)C)ccc1OCOc1ccc2c(N)noc2c1. The number of amides is 1. The summed E-state index contributed by atoms with van der Waals surface area (Å²) in [5.41, 5.74) is 6.78. The largest absolute Gasteiger partial charge is 0.493 e. The molecule has 3 rings (SSSR count). The second-order valence-electron chi connectivity index (χ2n) is 7.40. The van der Waals surface area contributed by atoms with E-state index in [4.69, 9.17) is 24.5 Å². The number of nitrogens with two attached hydrogens (primary N) is 1. The fraction of sp³-hybridized carbons (Fsp3) is 0.364. The highest BCUT2D eigenvalue weighted by atomic mass is 16.7. The summed E-state index contributed by atoms with van der Waals surface area (Å²) >= 11 is 0. The number of nitrogens with zero attached hydrogens (tertiary/aromatic N) is 2. The molecule has 0 saturated carbocycles. The van der Waals surface area contributed by atoms with Crippen molar-refractivity contribution in [3.63, 3.8) is 0 Å².